The second-order valence-corrected chi connectivity index (χ2v) is 11.3. The van der Waals surface area contributed by atoms with Crippen molar-refractivity contribution in [3.05, 3.63) is 96.3 Å². The van der Waals surface area contributed by atoms with Gasteiger partial charge in [-0.05, 0) is 81.7 Å². The van der Waals surface area contributed by atoms with E-state index in [1.165, 1.54) is 42.4 Å². The first-order chi connectivity index (χ1) is 20.5. The topological polar surface area (TPSA) is 76.7 Å². The average molecular weight is 569 g/mol. The van der Waals surface area contributed by atoms with Crippen LogP contribution in [0.3, 0.4) is 0 Å². The third-order valence-electron chi connectivity index (χ3n) is 8.00. The van der Waals surface area contributed by atoms with Gasteiger partial charge in [-0.2, -0.15) is 0 Å². The van der Waals surface area contributed by atoms with Gasteiger partial charge < -0.3 is 14.3 Å². The van der Waals surface area contributed by atoms with Crippen LogP contribution in [0, 0.1) is 5.92 Å². The summed E-state index contributed by atoms with van der Waals surface area (Å²) in [5.41, 5.74) is 2.52. The smallest absolute Gasteiger partial charge is 0.173 e. The van der Waals surface area contributed by atoms with Gasteiger partial charge in [0.2, 0.25) is 0 Å². The number of hydrogen-bond donors (Lipinski definition) is 1. The number of aromatic hydroxyl groups is 1. The molecule has 4 aromatic rings. The van der Waals surface area contributed by atoms with E-state index >= 15 is 0 Å². The number of aryl methyl sites for hydroxylation is 2. The molecule has 1 N–H and O–H groups in total. The normalized spacial score (nSPS) is 19.5. The van der Waals surface area contributed by atoms with Crippen LogP contribution < -0.4 is 4.74 Å². The average Bonchev–Trinajstić information content (AvgIpc) is 3.41. The lowest BCUT2D eigenvalue weighted by molar-refractivity contribution is -0.127. The molecule has 0 spiro atoms. The van der Waals surface area contributed by atoms with Crippen molar-refractivity contribution in [3.8, 4) is 11.5 Å². The third-order valence-corrected chi connectivity index (χ3v) is 8.00. The zero-order valence-electron chi connectivity index (χ0n) is 24.8. The summed E-state index contributed by atoms with van der Waals surface area (Å²) in [6.45, 7) is 2.03. The van der Waals surface area contributed by atoms with Crippen LogP contribution in [0.25, 0.3) is 11.0 Å². The number of para-hydroxylation sites is 3. The molecule has 2 unspecified atom stereocenters. The number of phenolic OH excluding ortho intramolecular Hbond substituents is 1. The van der Waals surface area contributed by atoms with Crippen molar-refractivity contribution >= 4 is 22.5 Å². The van der Waals surface area contributed by atoms with Crippen LogP contribution in [0.4, 0.5) is 0 Å². The number of carbonyl (C=O) groups is 2. The van der Waals surface area contributed by atoms with Crippen LogP contribution in [0.5, 0.6) is 11.5 Å². The number of fused-ring (bicyclic) bond motifs is 3. The first kappa shape index (κ1) is 31.1. The molecule has 1 aromatic heterocycles. The lowest BCUT2D eigenvalue weighted by Gasteiger charge is -2.21. The molecule has 1 heterocycles. The fourth-order valence-corrected chi connectivity index (χ4v) is 5.54. The van der Waals surface area contributed by atoms with Crippen molar-refractivity contribution in [2.24, 2.45) is 5.92 Å². The van der Waals surface area contributed by atoms with E-state index in [-0.39, 0.29) is 11.9 Å². The largest absolute Gasteiger partial charge is 0.508 e. The number of ketones is 2. The van der Waals surface area contributed by atoms with Crippen LogP contribution in [-0.4, -0.2) is 22.8 Å². The molecular weight excluding hydrogens is 524 g/mol. The molecule has 222 valence electrons. The van der Waals surface area contributed by atoms with E-state index in [1.54, 1.807) is 24.3 Å². The van der Waals surface area contributed by atoms with Crippen LogP contribution in [0.2, 0.25) is 0 Å². The van der Waals surface area contributed by atoms with Gasteiger partial charge in [-0.3, -0.25) is 9.59 Å². The maximum atomic E-state index is 11.5. The third kappa shape index (κ3) is 9.61. The van der Waals surface area contributed by atoms with Crippen molar-refractivity contribution in [3.63, 3.8) is 0 Å². The van der Waals surface area contributed by atoms with Gasteiger partial charge >= 0.3 is 0 Å². The minimum Gasteiger partial charge on any atom is -0.508 e. The quantitative estimate of drug-likeness (QED) is 0.261. The summed E-state index contributed by atoms with van der Waals surface area (Å²) in [6, 6.07) is 26.6. The highest BCUT2D eigenvalue weighted by Gasteiger charge is 2.23. The summed E-state index contributed by atoms with van der Waals surface area (Å²) in [4.78, 5) is 22.3. The molecular formula is C37H44O5. The summed E-state index contributed by atoms with van der Waals surface area (Å²) in [7, 11) is 0. The molecule has 7 rings (SSSR count). The predicted octanol–water partition coefficient (Wildman–Crippen LogP) is 9.05. The number of Topliss-reactive ketones (excluding diaryl/α,β-unsaturated/α-hetero) is 2. The van der Waals surface area contributed by atoms with Crippen molar-refractivity contribution in [1.29, 1.82) is 0 Å². The highest BCUT2D eigenvalue weighted by molar-refractivity contribution is 5.84. The highest BCUT2D eigenvalue weighted by atomic mass is 16.5. The molecule has 2 saturated carbocycles. The molecule has 0 amide bonds. The molecule has 0 radical (unpaired) electrons. The standard InChI is InChI=1S/C12H14O2.C12H12O.C7H12O.C6H6O/c13-11-8-4-5-9-12(11)14-10-6-2-1-3-7-10;1-3-7-11-9(5-1)10-6-2-4-8-12(10)13-11;1-6-4-2-3-5-7(6)8;7-6-4-2-1-3-5-6/h1-3,6-7,12H,4-5,8-9H2;1,3,5,7H,2,4,6,8H2;6H,2-5H2,1H3;1-5,7H. The second-order valence-electron chi connectivity index (χ2n) is 11.3. The Labute approximate surface area is 249 Å². The van der Waals surface area contributed by atoms with Crippen molar-refractivity contribution < 1.29 is 23.8 Å². The Morgan fingerprint density at radius 2 is 1.26 bits per heavy atom. The molecule has 0 bridgehead atoms. The molecule has 5 nitrogen and oxygen atoms in total. The number of furan rings is 1. The Morgan fingerprint density at radius 1 is 0.667 bits per heavy atom. The Bertz CT molecular complexity index is 1380. The summed E-state index contributed by atoms with van der Waals surface area (Å²) >= 11 is 0. The highest BCUT2D eigenvalue weighted by Crippen LogP contribution is 2.31. The number of phenols is 1. The summed E-state index contributed by atoms with van der Waals surface area (Å²) in [5, 5.41) is 9.96. The van der Waals surface area contributed by atoms with Crippen LogP contribution >= 0.6 is 0 Å². The molecule has 3 aliphatic carbocycles. The Hall–Kier alpha value is -3.86. The number of ether oxygens (including phenoxy) is 1. The lowest BCUT2D eigenvalue weighted by Crippen LogP contribution is -2.30. The fraction of sp³-hybridized carbons (Fsp3) is 0.405. The zero-order chi connectivity index (χ0) is 29.6. The van der Waals surface area contributed by atoms with Gasteiger partial charge in [-0.1, -0.05) is 67.9 Å². The van der Waals surface area contributed by atoms with Crippen LogP contribution in [0.15, 0.2) is 89.3 Å². The SMILES string of the molecule is CC1CCCCC1=O.O=C1CCCCC1Oc1ccccc1.Oc1ccccc1.c1ccc2c3c(oc2c1)CCCC3. The van der Waals surface area contributed by atoms with E-state index in [0.717, 1.165) is 56.3 Å². The van der Waals surface area contributed by atoms with Gasteiger partial charge in [0.25, 0.3) is 0 Å². The van der Waals surface area contributed by atoms with Gasteiger partial charge in [0.15, 0.2) is 11.9 Å². The summed E-state index contributed by atoms with van der Waals surface area (Å²) in [5.74, 6) is 3.43. The fourth-order valence-electron chi connectivity index (χ4n) is 5.54. The molecule has 0 saturated heterocycles. The van der Waals surface area contributed by atoms with E-state index in [0.29, 0.717) is 23.9 Å². The van der Waals surface area contributed by atoms with E-state index in [1.807, 2.05) is 49.4 Å². The van der Waals surface area contributed by atoms with Gasteiger partial charge in [-0.15, -0.1) is 0 Å². The van der Waals surface area contributed by atoms with E-state index in [2.05, 4.69) is 18.2 Å². The lowest BCUT2D eigenvalue weighted by atomic mass is 9.90. The van der Waals surface area contributed by atoms with Gasteiger partial charge in [0.1, 0.15) is 28.6 Å². The van der Waals surface area contributed by atoms with Gasteiger partial charge in [-0.25, -0.2) is 0 Å². The first-order valence-electron chi connectivity index (χ1n) is 15.5. The van der Waals surface area contributed by atoms with Crippen molar-refractivity contribution in [2.75, 3.05) is 0 Å². The number of benzene rings is 3. The van der Waals surface area contributed by atoms with Crippen LogP contribution in [-0.2, 0) is 22.4 Å². The van der Waals surface area contributed by atoms with Gasteiger partial charge in [0.05, 0.1) is 0 Å². The predicted molar refractivity (Wildman–Crippen MR) is 168 cm³/mol. The minimum atomic E-state index is -0.203. The van der Waals surface area contributed by atoms with E-state index in [4.69, 9.17) is 14.3 Å². The Morgan fingerprint density at radius 3 is 1.88 bits per heavy atom. The van der Waals surface area contributed by atoms with E-state index in [9.17, 15) is 9.59 Å². The maximum Gasteiger partial charge on any atom is 0.173 e. The zero-order valence-corrected chi connectivity index (χ0v) is 24.8. The molecule has 2 atom stereocenters. The molecule has 2 fully saturated rings. The molecule has 5 heteroatoms. The monoisotopic (exact) mass is 568 g/mol. The second kappa shape index (κ2) is 16.5. The Kier molecular flexibility index (Phi) is 12.2. The van der Waals surface area contributed by atoms with Crippen LogP contribution in [0.1, 0.15) is 82.5 Å². The summed E-state index contributed by atoms with van der Waals surface area (Å²) < 4.78 is 11.4. The Balaban J connectivity index is 0.000000134. The molecule has 42 heavy (non-hydrogen) atoms. The summed E-state index contributed by atoms with van der Waals surface area (Å²) in [6.07, 6.45) is 12.7. The number of carbonyl (C=O) groups excluding carboxylic acids is 2. The number of hydrogen-bond acceptors (Lipinski definition) is 5. The van der Waals surface area contributed by atoms with Crippen molar-refractivity contribution in [2.45, 2.75) is 90.1 Å². The van der Waals surface area contributed by atoms with Crippen molar-refractivity contribution in [1.82, 2.24) is 0 Å². The molecule has 3 aliphatic rings. The maximum absolute atomic E-state index is 11.5. The first-order valence-corrected chi connectivity index (χ1v) is 15.5. The van der Waals surface area contributed by atoms with Gasteiger partial charge in [0, 0.05) is 36.1 Å². The minimum absolute atomic E-state index is 0.203. The molecule has 3 aromatic carbocycles. The van der Waals surface area contributed by atoms with E-state index < -0.39 is 0 Å². The molecule has 0 aliphatic heterocycles. The number of rotatable bonds is 2.